The van der Waals surface area contributed by atoms with Crippen LogP contribution in [0.15, 0.2) is 0 Å². The summed E-state index contributed by atoms with van der Waals surface area (Å²) >= 11 is 0. The molecule has 2 nitrogen and oxygen atoms in total. The SMILES string of the molecule is C1CCC(CSSCC2(N3CCCC3)CCCCC2)(N2CCCC2)CC1. The predicted molar refractivity (Wildman–Crippen MR) is 118 cm³/mol. The van der Waals surface area contributed by atoms with Crippen LogP contribution in [0.2, 0.25) is 0 Å². The molecule has 0 aromatic rings. The summed E-state index contributed by atoms with van der Waals surface area (Å²) in [5.74, 6) is 2.77. The van der Waals surface area contributed by atoms with E-state index in [-0.39, 0.29) is 0 Å². The van der Waals surface area contributed by atoms with E-state index in [4.69, 9.17) is 0 Å². The molecule has 4 fully saturated rings. The van der Waals surface area contributed by atoms with Gasteiger partial charge >= 0.3 is 0 Å². The van der Waals surface area contributed by atoms with E-state index < -0.39 is 0 Å². The summed E-state index contributed by atoms with van der Waals surface area (Å²) in [5.41, 5.74) is 1.11. The minimum absolute atomic E-state index is 0.555. The Morgan fingerprint density at radius 2 is 0.808 bits per heavy atom. The van der Waals surface area contributed by atoms with Gasteiger partial charge in [-0.3, -0.25) is 9.80 Å². The minimum atomic E-state index is 0.555. The molecule has 4 rings (SSSR count). The van der Waals surface area contributed by atoms with Gasteiger partial charge in [0.2, 0.25) is 0 Å². The molecule has 2 saturated heterocycles. The molecule has 0 amide bonds. The molecule has 0 radical (unpaired) electrons. The molecule has 4 heteroatoms. The first kappa shape index (κ1) is 19.9. The van der Waals surface area contributed by atoms with Gasteiger partial charge in [-0.15, -0.1) is 0 Å². The molecule has 0 bridgehead atoms. The van der Waals surface area contributed by atoms with Gasteiger partial charge in [-0.05, 0) is 77.5 Å². The number of likely N-dealkylation sites (tertiary alicyclic amines) is 2. The van der Waals surface area contributed by atoms with Gasteiger partial charge in [-0.25, -0.2) is 0 Å². The van der Waals surface area contributed by atoms with Gasteiger partial charge in [0.25, 0.3) is 0 Å². The van der Waals surface area contributed by atoms with Crippen LogP contribution in [-0.4, -0.2) is 58.6 Å². The molecule has 150 valence electrons. The van der Waals surface area contributed by atoms with Gasteiger partial charge in [-0.1, -0.05) is 60.1 Å². The molecule has 0 atom stereocenters. The lowest BCUT2D eigenvalue weighted by atomic mass is 9.82. The van der Waals surface area contributed by atoms with E-state index in [0.29, 0.717) is 11.1 Å². The quantitative estimate of drug-likeness (QED) is 0.386. The first-order chi connectivity index (χ1) is 12.8. The van der Waals surface area contributed by atoms with Crippen molar-refractivity contribution < 1.29 is 0 Å². The summed E-state index contributed by atoms with van der Waals surface area (Å²) in [6, 6.07) is 0. The standard InChI is InChI=1S/C22H40N2S2/c1-3-11-21(12-4-1,23-15-7-8-16-23)19-25-26-20-22(13-5-2-6-14-22)24-17-9-10-18-24/h1-20H2. The maximum atomic E-state index is 2.90. The van der Waals surface area contributed by atoms with E-state index in [2.05, 4.69) is 31.4 Å². The van der Waals surface area contributed by atoms with Crippen LogP contribution in [0, 0.1) is 0 Å². The van der Waals surface area contributed by atoms with Crippen molar-refractivity contribution in [3.63, 3.8) is 0 Å². The average Bonchev–Trinajstić information content (AvgIpc) is 3.41. The highest BCUT2D eigenvalue weighted by atomic mass is 33.1. The number of hydrogen-bond donors (Lipinski definition) is 0. The first-order valence-electron chi connectivity index (χ1n) is 11.6. The van der Waals surface area contributed by atoms with Crippen LogP contribution in [0.4, 0.5) is 0 Å². The largest absolute Gasteiger partial charge is 0.297 e. The second-order valence-corrected chi connectivity index (χ2v) is 11.9. The van der Waals surface area contributed by atoms with Crippen molar-refractivity contribution in [2.45, 2.75) is 101 Å². The molecule has 0 aromatic carbocycles. The van der Waals surface area contributed by atoms with Crippen LogP contribution < -0.4 is 0 Å². The molecular weight excluding hydrogens is 356 g/mol. The Morgan fingerprint density at radius 1 is 0.462 bits per heavy atom. The van der Waals surface area contributed by atoms with Gasteiger partial charge in [0.05, 0.1) is 0 Å². The molecule has 0 N–H and O–H groups in total. The van der Waals surface area contributed by atoms with Gasteiger partial charge in [-0.2, -0.15) is 0 Å². The smallest absolute Gasteiger partial charge is 0.0308 e. The first-order valence-corrected chi connectivity index (χ1v) is 14.1. The normalized spacial score (nSPS) is 30.0. The number of nitrogens with zero attached hydrogens (tertiary/aromatic N) is 2. The van der Waals surface area contributed by atoms with Crippen LogP contribution in [0.3, 0.4) is 0 Å². The van der Waals surface area contributed by atoms with Crippen LogP contribution in [0.25, 0.3) is 0 Å². The average molecular weight is 397 g/mol. The number of rotatable bonds is 7. The third kappa shape index (κ3) is 4.44. The summed E-state index contributed by atoms with van der Waals surface area (Å²) in [4.78, 5) is 5.80. The summed E-state index contributed by atoms with van der Waals surface area (Å²) in [6.45, 7) is 5.51. The Balaban J connectivity index is 1.32. The fourth-order valence-corrected chi connectivity index (χ4v) is 9.57. The Labute approximate surface area is 170 Å². The molecular formula is C22H40N2S2. The highest BCUT2D eigenvalue weighted by molar-refractivity contribution is 8.76. The minimum Gasteiger partial charge on any atom is -0.297 e. The van der Waals surface area contributed by atoms with E-state index >= 15 is 0 Å². The van der Waals surface area contributed by atoms with Crippen molar-refractivity contribution in [1.29, 1.82) is 0 Å². The van der Waals surface area contributed by atoms with Crippen molar-refractivity contribution in [3.05, 3.63) is 0 Å². The summed E-state index contributed by atoms with van der Waals surface area (Å²) in [6.07, 6.45) is 20.5. The van der Waals surface area contributed by atoms with Crippen LogP contribution in [0.1, 0.15) is 89.9 Å². The monoisotopic (exact) mass is 396 g/mol. The maximum Gasteiger partial charge on any atom is 0.0308 e. The lowest BCUT2D eigenvalue weighted by Gasteiger charge is -2.46. The van der Waals surface area contributed by atoms with Gasteiger partial charge in [0.1, 0.15) is 0 Å². The summed E-state index contributed by atoms with van der Waals surface area (Å²) in [5, 5.41) is 0. The second kappa shape index (κ2) is 9.41. The van der Waals surface area contributed by atoms with E-state index in [9.17, 15) is 0 Å². The molecule has 26 heavy (non-hydrogen) atoms. The van der Waals surface area contributed by atoms with E-state index in [1.807, 2.05) is 0 Å². The summed E-state index contributed by atoms with van der Waals surface area (Å²) < 4.78 is 0. The van der Waals surface area contributed by atoms with Crippen molar-refractivity contribution in [2.24, 2.45) is 0 Å². The van der Waals surface area contributed by atoms with Gasteiger partial charge in [0, 0.05) is 22.6 Å². The molecule has 4 aliphatic rings. The van der Waals surface area contributed by atoms with E-state index in [1.165, 1.54) is 128 Å². The molecule has 0 unspecified atom stereocenters. The third-order valence-electron chi connectivity index (χ3n) is 7.86. The zero-order valence-corrected chi connectivity index (χ0v) is 18.5. The Kier molecular flexibility index (Phi) is 7.21. The molecule has 2 aliphatic heterocycles. The predicted octanol–water partition coefficient (Wildman–Crippen LogP) is 5.97. The fourth-order valence-electron chi connectivity index (χ4n) is 6.21. The molecule has 2 saturated carbocycles. The topological polar surface area (TPSA) is 6.48 Å². The molecule has 2 heterocycles. The van der Waals surface area contributed by atoms with E-state index in [1.54, 1.807) is 0 Å². The Bertz CT molecular complexity index is 378. The Morgan fingerprint density at radius 3 is 1.15 bits per heavy atom. The highest BCUT2D eigenvalue weighted by Gasteiger charge is 2.41. The molecule has 0 spiro atoms. The fraction of sp³-hybridized carbons (Fsp3) is 1.00. The van der Waals surface area contributed by atoms with Crippen LogP contribution in [0.5, 0.6) is 0 Å². The van der Waals surface area contributed by atoms with Crippen LogP contribution in [-0.2, 0) is 0 Å². The highest BCUT2D eigenvalue weighted by Crippen LogP contribution is 2.44. The summed E-state index contributed by atoms with van der Waals surface area (Å²) in [7, 11) is 4.49. The van der Waals surface area contributed by atoms with Gasteiger partial charge in [0.15, 0.2) is 0 Å². The van der Waals surface area contributed by atoms with E-state index in [0.717, 1.165) is 0 Å². The lowest BCUT2D eigenvalue weighted by molar-refractivity contribution is 0.0952. The lowest BCUT2D eigenvalue weighted by Crippen LogP contribution is -2.51. The third-order valence-corrected chi connectivity index (χ3v) is 10.5. The molecule has 2 aliphatic carbocycles. The number of hydrogen-bond acceptors (Lipinski definition) is 4. The van der Waals surface area contributed by atoms with Crippen molar-refractivity contribution in [1.82, 2.24) is 9.80 Å². The van der Waals surface area contributed by atoms with Crippen LogP contribution >= 0.6 is 21.6 Å². The van der Waals surface area contributed by atoms with Crippen molar-refractivity contribution in [2.75, 3.05) is 37.7 Å². The second-order valence-electron chi connectivity index (χ2n) is 9.48. The van der Waals surface area contributed by atoms with Crippen molar-refractivity contribution >= 4 is 21.6 Å². The maximum absolute atomic E-state index is 2.90. The van der Waals surface area contributed by atoms with Gasteiger partial charge < -0.3 is 0 Å². The zero-order chi connectivity index (χ0) is 17.7. The Hall–Kier alpha value is 0.620. The molecule has 0 aromatic heterocycles. The zero-order valence-electron chi connectivity index (χ0n) is 16.9. The van der Waals surface area contributed by atoms with Crippen molar-refractivity contribution in [3.8, 4) is 0 Å².